The summed E-state index contributed by atoms with van der Waals surface area (Å²) < 4.78 is 27.0. The molecule has 0 saturated carbocycles. The van der Waals surface area contributed by atoms with E-state index in [-0.39, 0.29) is 11.1 Å². The van der Waals surface area contributed by atoms with E-state index in [0.717, 1.165) is 29.3 Å². The molecule has 0 aromatic heterocycles. The van der Waals surface area contributed by atoms with Crippen LogP contribution in [0.15, 0.2) is 60.7 Å². The van der Waals surface area contributed by atoms with Gasteiger partial charge in [0.1, 0.15) is 6.54 Å². The van der Waals surface area contributed by atoms with Gasteiger partial charge in [0.05, 0.1) is 5.56 Å². The number of benzene rings is 3. The third-order valence-corrected chi connectivity index (χ3v) is 4.93. The largest absolute Gasteiger partial charge is 0.478 e. The van der Waals surface area contributed by atoms with Gasteiger partial charge in [-0.05, 0) is 79.6 Å². The van der Waals surface area contributed by atoms with E-state index in [1.165, 1.54) is 29.2 Å². The Hall–Kier alpha value is -4.07. The first kappa shape index (κ1) is 22.6. The van der Waals surface area contributed by atoms with Gasteiger partial charge in [-0.1, -0.05) is 6.07 Å². The fraction of sp³-hybridized carbons (Fsp3) is 0.125. The van der Waals surface area contributed by atoms with Gasteiger partial charge in [-0.25, -0.2) is 13.6 Å². The number of hydrogen-bond donors (Lipinski definition) is 2. The number of carboxylic acids is 1. The van der Waals surface area contributed by atoms with Crippen LogP contribution in [0.1, 0.15) is 31.8 Å². The van der Waals surface area contributed by atoms with Crippen LogP contribution < -0.4 is 10.2 Å². The molecule has 0 aliphatic heterocycles. The Labute approximate surface area is 183 Å². The highest BCUT2D eigenvalue weighted by molar-refractivity contribution is 6.10. The Morgan fingerprint density at radius 3 is 2.09 bits per heavy atom. The molecule has 2 N–H and O–H groups in total. The number of halogens is 2. The van der Waals surface area contributed by atoms with E-state index >= 15 is 0 Å². The zero-order valence-electron chi connectivity index (χ0n) is 17.4. The zero-order chi connectivity index (χ0) is 23.4. The Kier molecular flexibility index (Phi) is 6.63. The average molecular weight is 438 g/mol. The lowest BCUT2D eigenvalue weighted by atomic mass is 10.1. The maximum atomic E-state index is 13.7. The van der Waals surface area contributed by atoms with Crippen LogP contribution >= 0.6 is 0 Å². The number of amides is 2. The maximum Gasteiger partial charge on any atom is 0.335 e. The van der Waals surface area contributed by atoms with E-state index in [4.69, 9.17) is 5.11 Å². The Balaban J connectivity index is 1.88. The van der Waals surface area contributed by atoms with Crippen LogP contribution in [0.3, 0.4) is 0 Å². The third-order valence-electron chi connectivity index (χ3n) is 4.93. The highest BCUT2D eigenvalue weighted by Crippen LogP contribution is 2.22. The van der Waals surface area contributed by atoms with Crippen molar-refractivity contribution < 1.29 is 28.3 Å². The first-order valence-corrected chi connectivity index (χ1v) is 9.63. The summed E-state index contributed by atoms with van der Waals surface area (Å²) in [4.78, 5) is 37.9. The second-order valence-corrected chi connectivity index (χ2v) is 7.22. The normalized spacial score (nSPS) is 10.5. The van der Waals surface area contributed by atoms with E-state index in [0.29, 0.717) is 11.4 Å². The summed E-state index contributed by atoms with van der Waals surface area (Å²) >= 11 is 0. The monoisotopic (exact) mass is 438 g/mol. The predicted molar refractivity (Wildman–Crippen MR) is 116 cm³/mol. The van der Waals surface area contributed by atoms with Crippen molar-refractivity contribution in [2.45, 2.75) is 13.8 Å². The molecule has 0 aliphatic rings. The van der Waals surface area contributed by atoms with Crippen molar-refractivity contribution in [3.05, 3.63) is 94.6 Å². The minimum absolute atomic E-state index is 0.0632. The van der Waals surface area contributed by atoms with Gasteiger partial charge in [0, 0.05) is 16.9 Å². The lowest BCUT2D eigenvalue weighted by Gasteiger charge is -2.23. The van der Waals surface area contributed by atoms with E-state index in [1.54, 1.807) is 18.2 Å². The Bertz CT molecular complexity index is 1190. The molecule has 0 fully saturated rings. The smallest absolute Gasteiger partial charge is 0.335 e. The highest BCUT2D eigenvalue weighted by atomic mass is 19.2. The molecule has 3 aromatic rings. The van der Waals surface area contributed by atoms with Crippen molar-refractivity contribution in [2.75, 3.05) is 16.8 Å². The van der Waals surface area contributed by atoms with Crippen molar-refractivity contribution in [1.29, 1.82) is 0 Å². The number of hydrogen-bond acceptors (Lipinski definition) is 3. The molecule has 32 heavy (non-hydrogen) atoms. The van der Waals surface area contributed by atoms with Gasteiger partial charge < -0.3 is 10.4 Å². The number of nitrogens with one attached hydrogen (secondary N) is 1. The SMILES string of the molecule is Cc1ccc(N(CC(=O)Nc2ccc(C(=O)O)cc2)C(=O)c2ccc(F)c(F)c2)cc1C. The number of aromatic carboxylic acids is 1. The molecule has 6 nitrogen and oxygen atoms in total. The molecule has 0 bridgehead atoms. The van der Waals surface area contributed by atoms with Gasteiger partial charge in [-0.2, -0.15) is 0 Å². The van der Waals surface area contributed by atoms with Crippen LogP contribution in [0, 0.1) is 25.5 Å². The van der Waals surface area contributed by atoms with Crippen molar-refractivity contribution in [3.63, 3.8) is 0 Å². The summed E-state index contributed by atoms with van der Waals surface area (Å²) in [5.41, 5.74) is 2.58. The number of nitrogens with zero attached hydrogens (tertiary/aromatic N) is 1. The number of carbonyl (C=O) groups is 3. The quantitative estimate of drug-likeness (QED) is 0.591. The molecule has 0 unspecified atom stereocenters. The Morgan fingerprint density at radius 2 is 1.50 bits per heavy atom. The summed E-state index contributed by atoms with van der Waals surface area (Å²) in [7, 11) is 0. The average Bonchev–Trinajstić information content (AvgIpc) is 2.76. The lowest BCUT2D eigenvalue weighted by Crippen LogP contribution is -2.38. The molecule has 8 heteroatoms. The van der Waals surface area contributed by atoms with Gasteiger partial charge in [-0.15, -0.1) is 0 Å². The topological polar surface area (TPSA) is 86.7 Å². The van der Waals surface area contributed by atoms with E-state index in [1.807, 2.05) is 13.8 Å². The summed E-state index contributed by atoms with van der Waals surface area (Å²) in [6, 6.07) is 13.5. The summed E-state index contributed by atoms with van der Waals surface area (Å²) in [6.07, 6.45) is 0. The minimum Gasteiger partial charge on any atom is -0.478 e. The van der Waals surface area contributed by atoms with Crippen molar-refractivity contribution >= 4 is 29.2 Å². The van der Waals surface area contributed by atoms with Gasteiger partial charge in [0.2, 0.25) is 5.91 Å². The van der Waals surface area contributed by atoms with Crippen LogP contribution in [-0.2, 0) is 4.79 Å². The summed E-state index contributed by atoms with van der Waals surface area (Å²) in [5, 5.41) is 11.6. The number of aryl methyl sites for hydroxylation is 2. The van der Waals surface area contributed by atoms with Crippen LogP contribution in [0.2, 0.25) is 0 Å². The minimum atomic E-state index is -1.17. The van der Waals surface area contributed by atoms with E-state index in [9.17, 15) is 23.2 Å². The number of carboxylic acid groups (broad SMARTS) is 1. The molecule has 0 saturated heterocycles. The second kappa shape index (κ2) is 9.38. The number of rotatable bonds is 6. The first-order chi connectivity index (χ1) is 15.2. The van der Waals surface area contributed by atoms with Gasteiger partial charge >= 0.3 is 5.97 Å². The standard InChI is InChI=1S/C24H20F2N2O4/c1-14-3-9-19(11-15(14)2)28(23(30)17-6-10-20(25)21(26)12-17)13-22(29)27-18-7-4-16(5-8-18)24(31)32/h3-12H,13H2,1-2H3,(H,27,29)(H,31,32). The molecule has 0 atom stereocenters. The fourth-order valence-electron chi connectivity index (χ4n) is 3.00. The van der Waals surface area contributed by atoms with Crippen molar-refractivity contribution in [2.24, 2.45) is 0 Å². The fourth-order valence-corrected chi connectivity index (χ4v) is 3.00. The summed E-state index contributed by atoms with van der Waals surface area (Å²) in [6.45, 7) is 3.35. The molecular formula is C24H20F2N2O4. The lowest BCUT2D eigenvalue weighted by molar-refractivity contribution is -0.114. The first-order valence-electron chi connectivity index (χ1n) is 9.63. The molecule has 3 rings (SSSR count). The molecule has 3 aromatic carbocycles. The maximum absolute atomic E-state index is 13.7. The Morgan fingerprint density at radius 1 is 0.844 bits per heavy atom. The number of carbonyl (C=O) groups excluding carboxylic acids is 2. The van der Waals surface area contributed by atoms with Crippen LogP contribution in [-0.4, -0.2) is 29.4 Å². The van der Waals surface area contributed by atoms with Crippen LogP contribution in [0.5, 0.6) is 0 Å². The predicted octanol–water partition coefficient (Wildman–Crippen LogP) is 4.57. The van der Waals surface area contributed by atoms with Gasteiger partial charge in [0.15, 0.2) is 11.6 Å². The molecular weight excluding hydrogens is 418 g/mol. The zero-order valence-corrected chi connectivity index (χ0v) is 17.4. The molecule has 0 aliphatic carbocycles. The van der Waals surface area contributed by atoms with Crippen molar-refractivity contribution in [1.82, 2.24) is 0 Å². The number of anilines is 2. The molecule has 0 spiro atoms. The second-order valence-electron chi connectivity index (χ2n) is 7.22. The van der Waals surface area contributed by atoms with Crippen LogP contribution in [0.4, 0.5) is 20.2 Å². The van der Waals surface area contributed by atoms with Crippen LogP contribution in [0.25, 0.3) is 0 Å². The van der Waals surface area contributed by atoms with Gasteiger partial charge in [-0.3, -0.25) is 14.5 Å². The summed E-state index contributed by atoms with van der Waals surface area (Å²) in [5.74, 6) is -4.58. The molecule has 2 amide bonds. The van der Waals surface area contributed by atoms with Gasteiger partial charge in [0.25, 0.3) is 5.91 Å². The molecule has 164 valence electrons. The molecule has 0 heterocycles. The van der Waals surface area contributed by atoms with E-state index in [2.05, 4.69) is 5.32 Å². The van der Waals surface area contributed by atoms with Crippen molar-refractivity contribution in [3.8, 4) is 0 Å². The third kappa shape index (κ3) is 5.15. The van der Waals surface area contributed by atoms with E-state index < -0.39 is 36.0 Å². The molecule has 0 radical (unpaired) electrons. The highest BCUT2D eigenvalue weighted by Gasteiger charge is 2.22.